The Morgan fingerprint density at radius 1 is 1.00 bits per heavy atom. The zero-order chi connectivity index (χ0) is 24.0. The summed E-state index contributed by atoms with van der Waals surface area (Å²) < 4.78 is 16.4. The Balaban J connectivity index is 1.64. The third-order valence-electron chi connectivity index (χ3n) is 5.86. The third-order valence-corrected chi connectivity index (χ3v) is 5.86. The number of primary amides is 1. The maximum absolute atomic E-state index is 13.8. The van der Waals surface area contributed by atoms with Crippen molar-refractivity contribution in [2.75, 3.05) is 26.3 Å². The number of aryl methyl sites for hydroxylation is 1. The molecular formula is C25H27N3O6. The number of ketones is 1. The summed E-state index contributed by atoms with van der Waals surface area (Å²) in [6, 6.07) is 16.7. The summed E-state index contributed by atoms with van der Waals surface area (Å²) in [6.45, 7) is 1.19. The Kier molecular flexibility index (Phi) is 7.22. The van der Waals surface area contributed by atoms with Crippen molar-refractivity contribution in [2.45, 2.75) is 31.3 Å². The van der Waals surface area contributed by atoms with Gasteiger partial charge in [0.15, 0.2) is 5.58 Å². The van der Waals surface area contributed by atoms with E-state index in [0.717, 1.165) is 12.0 Å². The van der Waals surface area contributed by atoms with E-state index in [1.807, 2.05) is 30.3 Å². The summed E-state index contributed by atoms with van der Waals surface area (Å²) in [4.78, 5) is 45.1. The predicted molar refractivity (Wildman–Crippen MR) is 123 cm³/mol. The molecule has 0 aliphatic carbocycles. The third kappa shape index (κ3) is 5.09. The molecule has 2 amide bonds. The number of carbonyl (C=O) groups excluding carboxylic acids is 3. The summed E-state index contributed by atoms with van der Waals surface area (Å²) in [7, 11) is 0. The highest BCUT2D eigenvalue weighted by molar-refractivity contribution is 6.16. The number of carbonyl (C=O) groups is 3. The number of rotatable bonds is 9. The molecule has 9 heteroatoms. The van der Waals surface area contributed by atoms with Gasteiger partial charge in [0.2, 0.25) is 0 Å². The SMILES string of the molecule is NC(=O)O[C@@](CCCCc1ccccc1)(C(=O)c1nc2ccccc2o1)C(=O)N1CCOCC1. The van der Waals surface area contributed by atoms with Crippen molar-refractivity contribution in [3.05, 3.63) is 66.1 Å². The number of nitrogens with zero attached hydrogens (tertiary/aromatic N) is 2. The molecule has 9 nitrogen and oxygen atoms in total. The van der Waals surface area contributed by atoms with Crippen LogP contribution in [0.3, 0.4) is 0 Å². The lowest BCUT2D eigenvalue weighted by Gasteiger charge is -2.36. The van der Waals surface area contributed by atoms with Gasteiger partial charge in [0.25, 0.3) is 23.2 Å². The molecule has 0 radical (unpaired) electrons. The molecule has 178 valence electrons. The van der Waals surface area contributed by atoms with Gasteiger partial charge in [-0.15, -0.1) is 0 Å². The van der Waals surface area contributed by atoms with Crippen LogP contribution in [0, 0.1) is 0 Å². The van der Waals surface area contributed by atoms with Crippen LogP contribution >= 0.6 is 0 Å². The van der Waals surface area contributed by atoms with Crippen LogP contribution in [0.2, 0.25) is 0 Å². The second-order valence-corrected chi connectivity index (χ2v) is 8.16. The standard InChI is InChI=1S/C25H27N3O6/c26-24(31)34-25(23(30)28-14-16-32-17-15-28,13-7-6-10-18-8-2-1-3-9-18)21(29)22-27-19-11-4-5-12-20(19)33-22/h1-5,8-9,11-12H,6-7,10,13-17H2,(H2,26,31)/t25-/m0/s1. The Morgan fingerprint density at radius 3 is 2.41 bits per heavy atom. The zero-order valence-electron chi connectivity index (χ0n) is 18.8. The van der Waals surface area contributed by atoms with E-state index >= 15 is 0 Å². The quantitative estimate of drug-likeness (QED) is 0.292. The molecule has 1 fully saturated rings. The van der Waals surface area contributed by atoms with Crippen molar-refractivity contribution < 1.29 is 28.3 Å². The molecule has 1 aliphatic heterocycles. The summed E-state index contributed by atoms with van der Waals surface area (Å²) in [5.41, 5.74) is 5.19. The van der Waals surface area contributed by atoms with E-state index in [0.29, 0.717) is 37.2 Å². The van der Waals surface area contributed by atoms with E-state index in [9.17, 15) is 14.4 Å². The summed E-state index contributed by atoms with van der Waals surface area (Å²) in [5, 5.41) is 0. The van der Waals surface area contributed by atoms with Crippen LogP contribution < -0.4 is 5.73 Å². The number of Topliss-reactive ketones (excluding diaryl/α,β-unsaturated/α-hetero) is 1. The van der Waals surface area contributed by atoms with Crippen LogP contribution in [-0.4, -0.2) is 59.6 Å². The number of amides is 2. The highest BCUT2D eigenvalue weighted by Crippen LogP contribution is 2.30. The van der Waals surface area contributed by atoms with E-state index in [-0.39, 0.29) is 25.4 Å². The molecule has 0 unspecified atom stereocenters. The molecule has 3 aromatic rings. The predicted octanol–water partition coefficient (Wildman–Crippen LogP) is 3.12. The van der Waals surface area contributed by atoms with Gasteiger partial charge in [-0.1, -0.05) is 42.5 Å². The first-order valence-electron chi connectivity index (χ1n) is 11.3. The van der Waals surface area contributed by atoms with Crippen molar-refractivity contribution in [1.82, 2.24) is 9.88 Å². The normalized spacial score (nSPS) is 15.6. The average molecular weight is 466 g/mol. The zero-order valence-corrected chi connectivity index (χ0v) is 18.8. The second-order valence-electron chi connectivity index (χ2n) is 8.16. The molecule has 1 aliphatic rings. The molecule has 2 aromatic carbocycles. The Bertz CT molecular complexity index is 1120. The molecule has 2 heterocycles. The number of nitrogens with two attached hydrogens (primary N) is 1. The van der Waals surface area contributed by atoms with Crippen molar-refractivity contribution >= 4 is 28.9 Å². The molecule has 1 atom stereocenters. The minimum absolute atomic E-state index is 0.0451. The van der Waals surface area contributed by atoms with Crippen LogP contribution in [0.25, 0.3) is 11.1 Å². The molecule has 0 bridgehead atoms. The molecule has 0 spiro atoms. The van der Waals surface area contributed by atoms with E-state index in [4.69, 9.17) is 19.6 Å². The van der Waals surface area contributed by atoms with Crippen LogP contribution in [-0.2, 0) is 20.7 Å². The first-order valence-corrected chi connectivity index (χ1v) is 11.3. The number of benzene rings is 2. The van der Waals surface area contributed by atoms with Crippen molar-refractivity contribution in [3.63, 3.8) is 0 Å². The van der Waals surface area contributed by atoms with Gasteiger partial charge in [-0.05, 0) is 37.0 Å². The molecule has 1 aromatic heterocycles. The number of hydrogen-bond donors (Lipinski definition) is 1. The van der Waals surface area contributed by atoms with Gasteiger partial charge in [-0.2, -0.15) is 0 Å². The minimum atomic E-state index is -2.17. The highest BCUT2D eigenvalue weighted by Gasteiger charge is 2.53. The molecule has 1 saturated heterocycles. The first-order chi connectivity index (χ1) is 16.5. The number of aromatic nitrogens is 1. The number of hydrogen-bond acceptors (Lipinski definition) is 7. The smallest absolute Gasteiger partial charge is 0.406 e. The topological polar surface area (TPSA) is 125 Å². The lowest BCUT2D eigenvalue weighted by atomic mass is 9.88. The average Bonchev–Trinajstić information content (AvgIpc) is 3.30. The van der Waals surface area contributed by atoms with Crippen molar-refractivity contribution in [1.29, 1.82) is 0 Å². The number of morpholine rings is 1. The number of unbranched alkanes of at least 4 members (excludes halogenated alkanes) is 1. The Labute approximate surface area is 196 Å². The van der Waals surface area contributed by atoms with Gasteiger partial charge < -0.3 is 24.5 Å². The number of para-hydroxylation sites is 2. The van der Waals surface area contributed by atoms with Gasteiger partial charge in [0.05, 0.1) is 13.2 Å². The van der Waals surface area contributed by atoms with E-state index in [1.54, 1.807) is 24.3 Å². The maximum atomic E-state index is 13.8. The molecule has 4 rings (SSSR count). The van der Waals surface area contributed by atoms with Gasteiger partial charge in [-0.25, -0.2) is 9.78 Å². The monoisotopic (exact) mass is 465 g/mol. The molecule has 34 heavy (non-hydrogen) atoms. The number of fused-ring (bicyclic) bond motifs is 1. The molecule has 2 N–H and O–H groups in total. The van der Waals surface area contributed by atoms with Gasteiger partial charge >= 0.3 is 6.09 Å². The molecule has 0 saturated carbocycles. The van der Waals surface area contributed by atoms with Crippen molar-refractivity contribution in [2.24, 2.45) is 5.73 Å². The summed E-state index contributed by atoms with van der Waals surface area (Å²) >= 11 is 0. The first kappa shape index (κ1) is 23.4. The lowest BCUT2D eigenvalue weighted by molar-refractivity contribution is -0.151. The Hall–Kier alpha value is -3.72. The molecular weight excluding hydrogens is 438 g/mol. The highest BCUT2D eigenvalue weighted by atomic mass is 16.6. The largest absolute Gasteiger partial charge is 0.434 e. The Morgan fingerprint density at radius 2 is 1.71 bits per heavy atom. The fraction of sp³-hybridized carbons (Fsp3) is 0.360. The summed E-state index contributed by atoms with van der Waals surface area (Å²) in [5.74, 6) is -1.76. The second kappa shape index (κ2) is 10.5. The van der Waals surface area contributed by atoms with Crippen LogP contribution in [0.1, 0.15) is 35.5 Å². The van der Waals surface area contributed by atoms with Crippen LogP contribution in [0.5, 0.6) is 0 Å². The van der Waals surface area contributed by atoms with Gasteiger partial charge in [0.1, 0.15) is 5.52 Å². The van der Waals surface area contributed by atoms with Gasteiger partial charge in [-0.3, -0.25) is 9.59 Å². The van der Waals surface area contributed by atoms with E-state index < -0.39 is 23.4 Å². The van der Waals surface area contributed by atoms with Gasteiger partial charge in [0, 0.05) is 19.5 Å². The maximum Gasteiger partial charge on any atom is 0.406 e. The fourth-order valence-electron chi connectivity index (χ4n) is 4.14. The van der Waals surface area contributed by atoms with Crippen LogP contribution in [0.4, 0.5) is 4.79 Å². The minimum Gasteiger partial charge on any atom is -0.434 e. The van der Waals surface area contributed by atoms with E-state index in [2.05, 4.69) is 4.98 Å². The number of oxazole rings is 1. The number of ether oxygens (including phenoxy) is 2. The summed E-state index contributed by atoms with van der Waals surface area (Å²) in [6.07, 6.45) is 0.594. The van der Waals surface area contributed by atoms with Crippen molar-refractivity contribution in [3.8, 4) is 0 Å². The fourth-order valence-corrected chi connectivity index (χ4v) is 4.14. The lowest BCUT2D eigenvalue weighted by Crippen LogP contribution is -2.59. The van der Waals surface area contributed by atoms with E-state index in [1.165, 1.54) is 4.90 Å². The van der Waals surface area contributed by atoms with Crippen LogP contribution in [0.15, 0.2) is 59.0 Å².